The first-order valence-corrected chi connectivity index (χ1v) is 6.05. The molecule has 0 aliphatic rings. The number of nitrogens with two attached hydrogens (primary N) is 1. The zero-order valence-corrected chi connectivity index (χ0v) is 10.9. The average Bonchev–Trinajstić information content (AvgIpc) is 2.32. The average molecular weight is 263 g/mol. The third-order valence-corrected chi connectivity index (χ3v) is 3.24. The molecule has 18 heavy (non-hydrogen) atoms. The van der Waals surface area contributed by atoms with Crippen molar-refractivity contribution in [2.75, 3.05) is 5.73 Å². The molecule has 4 heteroatoms. The van der Waals surface area contributed by atoms with Gasteiger partial charge in [-0.2, -0.15) is 0 Å². The number of rotatable bonds is 3. The second-order valence-electron chi connectivity index (χ2n) is 4.48. The highest BCUT2D eigenvalue weighted by Crippen LogP contribution is 2.31. The fraction of sp³-hybridized carbons (Fsp3) is 0.214. The van der Waals surface area contributed by atoms with Crippen LogP contribution in [-0.2, 0) is 12.0 Å². The lowest BCUT2D eigenvalue weighted by atomic mass is 9.89. The first-order valence-electron chi connectivity index (χ1n) is 5.67. The van der Waals surface area contributed by atoms with Crippen molar-refractivity contribution >= 4 is 17.4 Å². The second kappa shape index (κ2) is 4.96. The summed E-state index contributed by atoms with van der Waals surface area (Å²) in [6.45, 7) is 1.72. The Morgan fingerprint density at radius 2 is 2.00 bits per heavy atom. The van der Waals surface area contributed by atoms with E-state index in [1.54, 1.807) is 25.3 Å². The summed E-state index contributed by atoms with van der Waals surface area (Å²) in [5.74, 6) is 0.435. The number of hydrogen-bond acceptors (Lipinski definition) is 3. The predicted octanol–water partition coefficient (Wildman–Crippen LogP) is 2.77. The van der Waals surface area contributed by atoms with Crippen molar-refractivity contribution < 1.29 is 5.11 Å². The molecule has 0 saturated carbocycles. The molecule has 0 amide bonds. The Hall–Kier alpha value is -1.58. The van der Waals surface area contributed by atoms with Crippen LogP contribution in [-0.4, -0.2) is 10.1 Å². The van der Waals surface area contributed by atoms with Gasteiger partial charge in [-0.05, 0) is 24.6 Å². The Labute approximate surface area is 111 Å². The van der Waals surface area contributed by atoms with Crippen LogP contribution in [0.3, 0.4) is 0 Å². The first kappa shape index (κ1) is 12.9. The minimum absolute atomic E-state index is 0.371. The highest BCUT2D eigenvalue weighted by atomic mass is 35.5. The molecule has 0 aliphatic carbocycles. The fourth-order valence-corrected chi connectivity index (χ4v) is 2.30. The Bertz CT molecular complexity index is 555. The molecule has 1 aromatic heterocycles. The lowest BCUT2D eigenvalue weighted by Gasteiger charge is -2.25. The minimum atomic E-state index is -1.07. The number of aromatic nitrogens is 1. The number of halogens is 1. The van der Waals surface area contributed by atoms with E-state index in [4.69, 9.17) is 17.3 Å². The Morgan fingerprint density at radius 3 is 2.67 bits per heavy atom. The van der Waals surface area contributed by atoms with E-state index >= 15 is 0 Å². The van der Waals surface area contributed by atoms with Gasteiger partial charge in [0.2, 0.25) is 0 Å². The predicted molar refractivity (Wildman–Crippen MR) is 73.4 cm³/mol. The van der Waals surface area contributed by atoms with Gasteiger partial charge in [0.05, 0.1) is 5.60 Å². The van der Waals surface area contributed by atoms with Crippen LogP contribution >= 0.6 is 11.6 Å². The van der Waals surface area contributed by atoms with Gasteiger partial charge in [0.15, 0.2) is 0 Å². The van der Waals surface area contributed by atoms with Gasteiger partial charge in [-0.15, -0.1) is 0 Å². The second-order valence-corrected chi connectivity index (χ2v) is 4.89. The lowest BCUT2D eigenvalue weighted by Crippen LogP contribution is -2.25. The molecule has 3 N–H and O–H groups in total. The smallest absolute Gasteiger partial charge is 0.126 e. The monoisotopic (exact) mass is 262 g/mol. The van der Waals surface area contributed by atoms with E-state index in [0.717, 1.165) is 5.56 Å². The molecule has 2 aromatic rings. The highest BCUT2D eigenvalue weighted by Gasteiger charge is 2.26. The van der Waals surface area contributed by atoms with Gasteiger partial charge in [-0.3, -0.25) is 0 Å². The van der Waals surface area contributed by atoms with E-state index in [-0.39, 0.29) is 0 Å². The van der Waals surface area contributed by atoms with Gasteiger partial charge < -0.3 is 10.8 Å². The molecule has 0 saturated heterocycles. The summed E-state index contributed by atoms with van der Waals surface area (Å²) in [6.07, 6.45) is 2.00. The number of anilines is 1. The number of nitrogens with zero attached hydrogens (tertiary/aromatic N) is 1. The third-order valence-electron chi connectivity index (χ3n) is 2.91. The SMILES string of the molecule is CC(O)(Cc1cccnc1N)c1ccccc1Cl. The van der Waals surface area contributed by atoms with Crippen molar-refractivity contribution in [3.8, 4) is 0 Å². The third kappa shape index (κ3) is 2.63. The Morgan fingerprint density at radius 1 is 1.28 bits per heavy atom. The molecule has 0 aliphatic heterocycles. The molecule has 3 nitrogen and oxygen atoms in total. The molecule has 0 radical (unpaired) electrons. The topological polar surface area (TPSA) is 59.1 Å². The summed E-state index contributed by atoms with van der Waals surface area (Å²) < 4.78 is 0. The van der Waals surface area contributed by atoms with Crippen molar-refractivity contribution in [3.63, 3.8) is 0 Å². The van der Waals surface area contributed by atoms with Crippen LogP contribution in [0.1, 0.15) is 18.1 Å². The molecule has 1 atom stereocenters. The van der Waals surface area contributed by atoms with Crippen molar-refractivity contribution in [1.29, 1.82) is 0 Å². The van der Waals surface area contributed by atoms with Crippen LogP contribution in [0.25, 0.3) is 0 Å². The zero-order valence-electron chi connectivity index (χ0n) is 10.1. The van der Waals surface area contributed by atoms with Crippen LogP contribution < -0.4 is 5.73 Å². The van der Waals surface area contributed by atoms with Crippen LogP contribution in [0.15, 0.2) is 42.6 Å². The maximum Gasteiger partial charge on any atom is 0.126 e. The summed E-state index contributed by atoms with van der Waals surface area (Å²) in [7, 11) is 0. The molecule has 1 heterocycles. The molecule has 0 spiro atoms. The quantitative estimate of drug-likeness (QED) is 0.894. The lowest BCUT2D eigenvalue weighted by molar-refractivity contribution is 0.0578. The number of benzene rings is 1. The summed E-state index contributed by atoms with van der Waals surface area (Å²) in [4.78, 5) is 4.01. The maximum atomic E-state index is 10.6. The summed E-state index contributed by atoms with van der Waals surface area (Å²) in [5.41, 5.74) is 6.21. The van der Waals surface area contributed by atoms with E-state index in [9.17, 15) is 5.11 Å². The summed E-state index contributed by atoms with van der Waals surface area (Å²) in [5, 5.41) is 11.1. The van der Waals surface area contributed by atoms with Crippen molar-refractivity contribution in [2.45, 2.75) is 18.9 Å². The molecule has 0 fully saturated rings. The summed E-state index contributed by atoms with van der Waals surface area (Å²) >= 11 is 6.11. The molecule has 2 rings (SSSR count). The van der Waals surface area contributed by atoms with E-state index in [1.165, 1.54) is 0 Å². The van der Waals surface area contributed by atoms with Gasteiger partial charge in [0, 0.05) is 23.2 Å². The summed E-state index contributed by atoms with van der Waals surface area (Å²) in [6, 6.07) is 10.9. The molecular weight excluding hydrogens is 248 g/mol. The van der Waals surface area contributed by atoms with Crippen molar-refractivity contribution in [3.05, 3.63) is 58.7 Å². The van der Waals surface area contributed by atoms with Gasteiger partial charge in [0.1, 0.15) is 5.82 Å². The van der Waals surface area contributed by atoms with Crippen molar-refractivity contribution in [2.24, 2.45) is 0 Å². The van der Waals surface area contributed by atoms with Crippen LogP contribution in [0.5, 0.6) is 0 Å². The van der Waals surface area contributed by atoms with E-state index in [2.05, 4.69) is 4.98 Å². The van der Waals surface area contributed by atoms with Crippen LogP contribution in [0, 0.1) is 0 Å². The Balaban J connectivity index is 2.33. The number of nitrogen functional groups attached to an aromatic ring is 1. The van der Waals surface area contributed by atoms with Crippen molar-refractivity contribution in [1.82, 2.24) is 4.98 Å². The minimum Gasteiger partial charge on any atom is -0.385 e. The van der Waals surface area contributed by atoms with Gasteiger partial charge >= 0.3 is 0 Å². The van der Waals surface area contributed by atoms with E-state index in [1.807, 2.05) is 24.3 Å². The van der Waals surface area contributed by atoms with Crippen LogP contribution in [0.4, 0.5) is 5.82 Å². The number of aliphatic hydroxyl groups is 1. The normalized spacial score (nSPS) is 14.2. The van der Waals surface area contributed by atoms with Crippen LogP contribution in [0.2, 0.25) is 5.02 Å². The van der Waals surface area contributed by atoms with Gasteiger partial charge in [0.25, 0.3) is 0 Å². The van der Waals surface area contributed by atoms with Gasteiger partial charge in [-0.25, -0.2) is 4.98 Å². The highest BCUT2D eigenvalue weighted by molar-refractivity contribution is 6.31. The van der Waals surface area contributed by atoms with E-state index in [0.29, 0.717) is 22.8 Å². The maximum absolute atomic E-state index is 10.6. The first-order chi connectivity index (χ1) is 8.50. The number of pyridine rings is 1. The molecule has 1 unspecified atom stereocenters. The Kier molecular flexibility index (Phi) is 3.55. The van der Waals surface area contributed by atoms with E-state index < -0.39 is 5.60 Å². The standard InChI is InChI=1S/C14H15ClN2O/c1-14(18,11-6-2-3-7-12(11)15)9-10-5-4-8-17-13(10)16/h2-8,18H,9H2,1H3,(H2,16,17). The largest absolute Gasteiger partial charge is 0.385 e. The fourth-order valence-electron chi connectivity index (χ4n) is 1.96. The molecule has 94 valence electrons. The number of hydrogen-bond donors (Lipinski definition) is 2. The zero-order chi connectivity index (χ0) is 13.2. The molecular formula is C14H15ClN2O. The molecule has 1 aromatic carbocycles. The molecule has 0 bridgehead atoms. The van der Waals surface area contributed by atoms with Gasteiger partial charge in [-0.1, -0.05) is 35.9 Å².